The largest absolute Gasteiger partial charge is 0.467 e. The van der Waals surface area contributed by atoms with Crippen LogP contribution in [0.5, 0.6) is 6.01 Å². The monoisotopic (exact) mass is 263 g/mol. The summed E-state index contributed by atoms with van der Waals surface area (Å²) in [5.74, 6) is 0.515. The fraction of sp³-hybridized carbons (Fsp3) is 0.273. The van der Waals surface area contributed by atoms with E-state index in [1.165, 1.54) is 18.9 Å². The molecule has 0 aromatic carbocycles. The molecule has 0 aliphatic heterocycles. The second-order valence-corrected chi connectivity index (χ2v) is 4.28. The molecule has 2 rings (SSSR count). The molecule has 1 N–H and O–H groups in total. The van der Waals surface area contributed by atoms with Crippen LogP contribution in [0.4, 0.5) is 5.95 Å². The van der Waals surface area contributed by atoms with Crippen LogP contribution in [-0.2, 0) is 0 Å². The molecule has 0 unspecified atom stereocenters. The van der Waals surface area contributed by atoms with Gasteiger partial charge in [-0.25, -0.2) is 0 Å². The molecule has 0 saturated heterocycles. The van der Waals surface area contributed by atoms with Crippen LogP contribution in [0.1, 0.15) is 6.92 Å². The Morgan fingerprint density at radius 3 is 2.67 bits per heavy atom. The number of hydrogen-bond donors (Lipinski definition) is 1. The molecule has 2 aromatic rings. The Bertz CT molecular complexity index is 508. The van der Waals surface area contributed by atoms with Crippen molar-refractivity contribution in [2.75, 3.05) is 19.0 Å². The van der Waals surface area contributed by atoms with E-state index < -0.39 is 0 Å². The highest BCUT2D eigenvalue weighted by atomic mass is 32.2. The van der Waals surface area contributed by atoms with E-state index >= 15 is 0 Å². The topological polar surface area (TPSA) is 72.8 Å². The molecule has 2 heterocycles. The van der Waals surface area contributed by atoms with Gasteiger partial charge in [-0.05, 0) is 30.8 Å². The molecule has 94 valence electrons. The minimum absolute atomic E-state index is 0.303. The molecule has 0 fully saturated rings. The third kappa shape index (κ3) is 3.30. The summed E-state index contributed by atoms with van der Waals surface area (Å²) >= 11 is 1.43. The van der Waals surface area contributed by atoms with Crippen LogP contribution in [0.15, 0.2) is 34.6 Å². The van der Waals surface area contributed by atoms with Crippen LogP contribution >= 0.6 is 11.8 Å². The number of rotatable bonds is 5. The van der Waals surface area contributed by atoms with E-state index in [9.17, 15) is 0 Å². The number of hydrogen-bond acceptors (Lipinski definition) is 7. The quantitative estimate of drug-likeness (QED) is 0.882. The van der Waals surface area contributed by atoms with Crippen molar-refractivity contribution in [2.24, 2.45) is 0 Å². The normalized spacial score (nSPS) is 10.1. The molecule has 0 radical (unpaired) electrons. The van der Waals surface area contributed by atoms with Crippen molar-refractivity contribution in [1.82, 2.24) is 19.9 Å². The van der Waals surface area contributed by atoms with Gasteiger partial charge in [-0.3, -0.25) is 4.98 Å². The Balaban J connectivity index is 2.24. The smallest absolute Gasteiger partial charge is 0.321 e. The Kier molecular flexibility index (Phi) is 4.30. The first-order valence-corrected chi connectivity index (χ1v) is 6.25. The number of nitrogens with zero attached hydrogens (tertiary/aromatic N) is 4. The van der Waals surface area contributed by atoms with Crippen LogP contribution in [-0.4, -0.2) is 33.6 Å². The van der Waals surface area contributed by atoms with E-state index in [-0.39, 0.29) is 0 Å². The van der Waals surface area contributed by atoms with Gasteiger partial charge in [-0.1, -0.05) is 0 Å². The summed E-state index contributed by atoms with van der Waals surface area (Å²) in [5, 5.41) is 3.63. The van der Waals surface area contributed by atoms with Gasteiger partial charge in [0.25, 0.3) is 0 Å². The highest BCUT2D eigenvalue weighted by Gasteiger charge is 2.07. The first-order chi connectivity index (χ1) is 8.81. The lowest BCUT2D eigenvalue weighted by molar-refractivity contribution is 0.373. The van der Waals surface area contributed by atoms with Gasteiger partial charge < -0.3 is 10.1 Å². The van der Waals surface area contributed by atoms with Crippen molar-refractivity contribution in [3.63, 3.8) is 0 Å². The zero-order chi connectivity index (χ0) is 12.8. The van der Waals surface area contributed by atoms with Gasteiger partial charge in [0, 0.05) is 23.8 Å². The molecule has 18 heavy (non-hydrogen) atoms. The average Bonchev–Trinajstić information content (AvgIpc) is 2.40. The van der Waals surface area contributed by atoms with E-state index in [4.69, 9.17) is 4.74 Å². The molecule has 0 saturated carbocycles. The lowest BCUT2D eigenvalue weighted by atomic mass is 10.5. The first kappa shape index (κ1) is 12.6. The highest BCUT2D eigenvalue weighted by Crippen LogP contribution is 2.25. The highest BCUT2D eigenvalue weighted by molar-refractivity contribution is 7.99. The summed E-state index contributed by atoms with van der Waals surface area (Å²) in [6.45, 7) is 2.72. The van der Waals surface area contributed by atoms with Crippen LogP contribution in [0, 0.1) is 0 Å². The van der Waals surface area contributed by atoms with Crippen molar-refractivity contribution in [2.45, 2.75) is 17.0 Å². The predicted molar refractivity (Wildman–Crippen MR) is 68.9 cm³/mol. The zero-order valence-electron chi connectivity index (χ0n) is 10.1. The predicted octanol–water partition coefficient (Wildman–Crippen LogP) is 1.86. The molecule has 0 bridgehead atoms. The third-order valence-corrected chi connectivity index (χ3v) is 2.84. The fourth-order valence-electron chi connectivity index (χ4n) is 1.22. The molecule has 7 heteroatoms. The molecule has 0 amide bonds. The van der Waals surface area contributed by atoms with Crippen LogP contribution in [0.2, 0.25) is 0 Å². The van der Waals surface area contributed by atoms with Crippen molar-refractivity contribution in [3.05, 3.63) is 24.5 Å². The minimum Gasteiger partial charge on any atom is -0.467 e. The summed E-state index contributed by atoms with van der Waals surface area (Å²) in [6, 6.07) is 4.10. The molecule has 6 nitrogen and oxygen atoms in total. The molecular weight excluding hydrogens is 250 g/mol. The zero-order valence-corrected chi connectivity index (χ0v) is 10.9. The van der Waals surface area contributed by atoms with Crippen LogP contribution < -0.4 is 10.1 Å². The molecule has 0 atom stereocenters. The summed E-state index contributed by atoms with van der Waals surface area (Å²) in [7, 11) is 1.53. The van der Waals surface area contributed by atoms with Gasteiger partial charge >= 0.3 is 6.01 Å². The Labute approximate surface area is 109 Å². The summed E-state index contributed by atoms with van der Waals surface area (Å²) in [4.78, 5) is 17.6. The fourth-order valence-corrected chi connectivity index (χ4v) is 1.95. The lowest BCUT2D eigenvalue weighted by Crippen LogP contribution is -2.05. The first-order valence-electron chi connectivity index (χ1n) is 5.43. The number of aromatic nitrogens is 4. The lowest BCUT2D eigenvalue weighted by Gasteiger charge is -2.06. The van der Waals surface area contributed by atoms with Gasteiger partial charge in [0.15, 0.2) is 0 Å². The second kappa shape index (κ2) is 6.15. The average molecular weight is 263 g/mol. The molecule has 0 aliphatic rings. The maximum atomic E-state index is 5.05. The van der Waals surface area contributed by atoms with Gasteiger partial charge in [0.1, 0.15) is 0 Å². The number of methoxy groups -OCH3 is 1. The number of pyridine rings is 1. The number of nitrogens with one attached hydrogen (secondary N) is 1. The van der Waals surface area contributed by atoms with E-state index in [0.29, 0.717) is 17.1 Å². The third-order valence-electron chi connectivity index (χ3n) is 1.97. The van der Waals surface area contributed by atoms with E-state index in [1.807, 2.05) is 19.1 Å². The van der Waals surface area contributed by atoms with Crippen molar-refractivity contribution in [1.29, 1.82) is 0 Å². The van der Waals surface area contributed by atoms with Crippen LogP contribution in [0.3, 0.4) is 0 Å². The van der Waals surface area contributed by atoms with E-state index in [1.54, 1.807) is 12.4 Å². The standard InChI is InChI=1S/C11H13N5OS/c1-3-13-9-14-10(17-2)16-11(15-9)18-8-4-6-12-7-5-8/h4-7H,3H2,1-2H3,(H,13,14,15,16). The van der Waals surface area contributed by atoms with Gasteiger partial charge in [0.2, 0.25) is 11.1 Å². The molecule has 0 spiro atoms. The SMILES string of the molecule is CCNc1nc(OC)nc(Sc2ccncc2)n1. The van der Waals surface area contributed by atoms with Gasteiger partial charge in [-0.2, -0.15) is 15.0 Å². The Morgan fingerprint density at radius 2 is 2.00 bits per heavy atom. The maximum Gasteiger partial charge on any atom is 0.321 e. The summed E-state index contributed by atoms with van der Waals surface area (Å²) in [6.07, 6.45) is 3.46. The maximum absolute atomic E-state index is 5.05. The van der Waals surface area contributed by atoms with Gasteiger partial charge in [0.05, 0.1) is 7.11 Å². The molecule has 0 aliphatic carbocycles. The second-order valence-electron chi connectivity index (χ2n) is 3.24. The van der Waals surface area contributed by atoms with Crippen molar-refractivity contribution >= 4 is 17.7 Å². The van der Waals surface area contributed by atoms with Gasteiger partial charge in [-0.15, -0.1) is 0 Å². The minimum atomic E-state index is 0.303. The Morgan fingerprint density at radius 1 is 1.22 bits per heavy atom. The number of ether oxygens (including phenoxy) is 1. The van der Waals surface area contributed by atoms with E-state index in [2.05, 4.69) is 25.3 Å². The summed E-state index contributed by atoms with van der Waals surface area (Å²) in [5.41, 5.74) is 0. The molecule has 2 aromatic heterocycles. The Hall–Kier alpha value is -1.89. The number of anilines is 1. The summed E-state index contributed by atoms with van der Waals surface area (Å²) < 4.78 is 5.05. The van der Waals surface area contributed by atoms with Crippen LogP contribution in [0.25, 0.3) is 0 Å². The van der Waals surface area contributed by atoms with E-state index in [0.717, 1.165) is 11.4 Å². The molecular formula is C11H13N5OS. The van der Waals surface area contributed by atoms with Crippen molar-refractivity contribution in [3.8, 4) is 6.01 Å². The van der Waals surface area contributed by atoms with Crippen molar-refractivity contribution < 1.29 is 4.74 Å².